The van der Waals surface area contributed by atoms with Gasteiger partial charge < -0.3 is 19.1 Å². The third kappa shape index (κ3) is 5.40. The van der Waals surface area contributed by atoms with Gasteiger partial charge in [0.05, 0.1) is 13.3 Å². The number of amides is 1. The number of ether oxygens (including phenoxy) is 3. The van der Waals surface area contributed by atoms with Crippen molar-refractivity contribution in [1.29, 1.82) is 0 Å². The number of carbonyl (C=O) groups is 2. The monoisotopic (exact) mass is 433 g/mol. The highest BCUT2D eigenvalue weighted by Crippen LogP contribution is 2.29. The molecule has 0 bridgehead atoms. The Morgan fingerprint density at radius 1 is 1.03 bits per heavy atom. The van der Waals surface area contributed by atoms with Crippen molar-refractivity contribution in [2.45, 2.75) is 25.4 Å². The summed E-state index contributed by atoms with van der Waals surface area (Å²) in [5.41, 5.74) is 1.12. The number of pyridine rings is 2. The molecule has 1 amide bonds. The molecule has 164 valence electrons. The van der Waals surface area contributed by atoms with Crippen LogP contribution in [0.3, 0.4) is 0 Å². The number of rotatable bonds is 9. The van der Waals surface area contributed by atoms with E-state index < -0.39 is 5.97 Å². The van der Waals surface area contributed by atoms with Crippen LogP contribution in [0.25, 0.3) is 0 Å². The van der Waals surface area contributed by atoms with Crippen LogP contribution >= 0.6 is 0 Å². The van der Waals surface area contributed by atoms with Gasteiger partial charge in [-0.25, -0.2) is 9.78 Å². The van der Waals surface area contributed by atoms with Crippen LogP contribution in [-0.2, 0) is 16.1 Å². The highest BCUT2D eigenvalue weighted by Gasteiger charge is 2.33. The summed E-state index contributed by atoms with van der Waals surface area (Å²) in [5, 5.41) is 0. The zero-order chi connectivity index (χ0) is 22.3. The van der Waals surface area contributed by atoms with Crippen molar-refractivity contribution in [2.75, 3.05) is 13.7 Å². The summed E-state index contributed by atoms with van der Waals surface area (Å²) in [5.74, 6) is 0.375. The van der Waals surface area contributed by atoms with Gasteiger partial charge in [-0.15, -0.1) is 0 Å². The lowest BCUT2D eigenvalue weighted by molar-refractivity contribution is -0.135. The SMILES string of the molecule is COc1ccc(CN(C(=O)COC(=O)c2cccnc2Oc2cccnc2)C2CC2)cc1. The van der Waals surface area contributed by atoms with Gasteiger partial charge in [0, 0.05) is 25.0 Å². The van der Waals surface area contributed by atoms with E-state index >= 15 is 0 Å². The molecule has 0 saturated heterocycles. The molecule has 0 aliphatic heterocycles. The Balaban J connectivity index is 1.39. The largest absolute Gasteiger partial charge is 0.497 e. The molecule has 32 heavy (non-hydrogen) atoms. The van der Waals surface area contributed by atoms with E-state index in [-0.39, 0.29) is 30.0 Å². The number of nitrogens with zero attached hydrogens (tertiary/aromatic N) is 3. The Morgan fingerprint density at radius 2 is 1.81 bits per heavy atom. The Morgan fingerprint density at radius 3 is 2.50 bits per heavy atom. The molecule has 8 heteroatoms. The van der Waals surface area contributed by atoms with E-state index in [0.29, 0.717) is 12.3 Å². The van der Waals surface area contributed by atoms with E-state index in [1.165, 1.54) is 12.4 Å². The van der Waals surface area contributed by atoms with Gasteiger partial charge in [-0.05, 0) is 54.8 Å². The molecule has 1 aliphatic rings. The summed E-state index contributed by atoms with van der Waals surface area (Å²) < 4.78 is 16.1. The third-order valence-electron chi connectivity index (χ3n) is 4.99. The lowest BCUT2D eigenvalue weighted by Crippen LogP contribution is -2.36. The number of hydrogen-bond acceptors (Lipinski definition) is 7. The fourth-order valence-corrected chi connectivity index (χ4v) is 3.17. The normalized spacial score (nSPS) is 12.7. The van der Waals surface area contributed by atoms with Crippen LogP contribution in [0.2, 0.25) is 0 Å². The van der Waals surface area contributed by atoms with Gasteiger partial charge in [0.15, 0.2) is 6.61 Å². The maximum absolute atomic E-state index is 12.8. The van der Waals surface area contributed by atoms with E-state index in [1.807, 2.05) is 24.3 Å². The lowest BCUT2D eigenvalue weighted by atomic mass is 10.2. The zero-order valence-electron chi connectivity index (χ0n) is 17.6. The van der Waals surface area contributed by atoms with Crippen molar-refractivity contribution in [3.8, 4) is 17.4 Å². The first-order chi connectivity index (χ1) is 15.6. The summed E-state index contributed by atoms with van der Waals surface area (Å²) in [6, 6.07) is 14.3. The molecule has 1 saturated carbocycles. The third-order valence-corrected chi connectivity index (χ3v) is 4.99. The second kappa shape index (κ2) is 9.91. The molecule has 0 atom stereocenters. The summed E-state index contributed by atoms with van der Waals surface area (Å²) in [6.07, 6.45) is 6.53. The number of benzene rings is 1. The highest BCUT2D eigenvalue weighted by atomic mass is 16.5. The van der Waals surface area contributed by atoms with E-state index in [1.54, 1.807) is 42.5 Å². The number of esters is 1. The van der Waals surface area contributed by atoms with E-state index in [9.17, 15) is 9.59 Å². The maximum atomic E-state index is 12.8. The van der Waals surface area contributed by atoms with Gasteiger partial charge in [-0.1, -0.05) is 12.1 Å². The van der Waals surface area contributed by atoms with Crippen LogP contribution in [0.15, 0.2) is 67.1 Å². The molecule has 1 aliphatic carbocycles. The quantitative estimate of drug-likeness (QED) is 0.476. The molecule has 1 aromatic carbocycles. The average molecular weight is 433 g/mol. The minimum Gasteiger partial charge on any atom is -0.497 e. The van der Waals surface area contributed by atoms with Gasteiger partial charge in [-0.3, -0.25) is 9.78 Å². The van der Waals surface area contributed by atoms with Crippen molar-refractivity contribution in [1.82, 2.24) is 14.9 Å². The smallest absolute Gasteiger partial charge is 0.344 e. The topological polar surface area (TPSA) is 90.8 Å². The predicted molar refractivity (Wildman–Crippen MR) is 115 cm³/mol. The molecular formula is C24H23N3O5. The standard InChI is InChI=1S/C24H23N3O5/c1-30-19-10-6-17(7-11-19)15-27(18-8-9-18)22(28)16-31-24(29)21-5-3-13-26-23(21)32-20-4-2-12-25-14-20/h2-7,10-14,18H,8-9,15-16H2,1H3. The van der Waals surface area contributed by atoms with Crippen molar-refractivity contribution in [3.05, 3.63) is 78.2 Å². The second-order valence-corrected chi connectivity index (χ2v) is 7.32. The molecule has 2 aromatic heterocycles. The molecule has 0 N–H and O–H groups in total. The van der Waals surface area contributed by atoms with Gasteiger partial charge in [0.1, 0.15) is 17.1 Å². The van der Waals surface area contributed by atoms with Crippen LogP contribution in [0.4, 0.5) is 0 Å². The Labute approximate surface area is 185 Å². The van der Waals surface area contributed by atoms with Crippen molar-refractivity contribution in [2.24, 2.45) is 0 Å². The molecule has 8 nitrogen and oxygen atoms in total. The van der Waals surface area contributed by atoms with E-state index in [2.05, 4.69) is 9.97 Å². The lowest BCUT2D eigenvalue weighted by Gasteiger charge is -2.22. The van der Waals surface area contributed by atoms with Crippen molar-refractivity contribution in [3.63, 3.8) is 0 Å². The van der Waals surface area contributed by atoms with Gasteiger partial charge >= 0.3 is 5.97 Å². The molecule has 3 aromatic rings. The first-order valence-corrected chi connectivity index (χ1v) is 10.3. The predicted octanol–water partition coefficient (Wildman–Crippen LogP) is 3.63. The molecule has 0 unspecified atom stereocenters. The second-order valence-electron chi connectivity index (χ2n) is 7.32. The van der Waals surface area contributed by atoms with Crippen LogP contribution in [0.1, 0.15) is 28.8 Å². The number of hydrogen-bond donors (Lipinski definition) is 0. The first kappa shape index (κ1) is 21.3. The highest BCUT2D eigenvalue weighted by molar-refractivity contribution is 5.93. The molecule has 4 rings (SSSR count). The fraction of sp³-hybridized carbons (Fsp3) is 0.250. The summed E-state index contributed by atoms with van der Waals surface area (Å²) in [4.78, 5) is 35.3. The summed E-state index contributed by atoms with van der Waals surface area (Å²) in [7, 11) is 1.61. The van der Waals surface area contributed by atoms with Crippen LogP contribution in [-0.4, -0.2) is 46.5 Å². The number of carbonyl (C=O) groups excluding carboxylic acids is 2. The van der Waals surface area contributed by atoms with Crippen LogP contribution in [0.5, 0.6) is 17.4 Å². The number of methoxy groups -OCH3 is 1. The molecule has 0 spiro atoms. The van der Waals surface area contributed by atoms with E-state index in [4.69, 9.17) is 14.2 Å². The molecule has 1 fully saturated rings. The van der Waals surface area contributed by atoms with Crippen LogP contribution < -0.4 is 9.47 Å². The average Bonchev–Trinajstić information content (AvgIpc) is 3.67. The van der Waals surface area contributed by atoms with E-state index in [0.717, 1.165) is 24.2 Å². The first-order valence-electron chi connectivity index (χ1n) is 10.3. The van der Waals surface area contributed by atoms with Gasteiger partial charge in [0.2, 0.25) is 5.88 Å². The fourth-order valence-electron chi connectivity index (χ4n) is 3.17. The molecule has 2 heterocycles. The Bertz CT molecular complexity index is 1070. The minimum atomic E-state index is -0.675. The van der Waals surface area contributed by atoms with Crippen LogP contribution in [0, 0.1) is 0 Å². The molecular weight excluding hydrogens is 410 g/mol. The summed E-state index contributed by atoms with van der Waals surface area (Å²) in [6.45, 7) is 0.0972. The maximum Gasteiger partial charge on any atom is 0.344 e. The Kier molecular flexibility index (Phi) is 6.60. The summed E-state index contributed by atoms with van der Waals surface area (Å²) >= 11 is 0. The molecule has 0 radical (unpaired) electrons. The Hall–Kier alpha value is -3.94. The minimum absolute atomic E-state index is 0.0928. The van der Waals surface area contributed by atoms with Gasteiger partial charge in [-0.2, -0.15) is 0 Å². The van der Waals surface area contributed by atoms with Crippen molar-refractivity contribution >= 4 is 11.9 Å². The van der Waals surface area contributed by atoms with Gasteiger partial charge in [0.25, 0.3) is 5.91 Å². The number of aromatic nitrogens is 2. The zero-order valence-corrected chi connectivity index (χ0v) is 17.6. The van der Waals surface area contributed by atoms with Crippen molar-refractivity contribution < 1.29 is 23.8 Å².